The summed E-state index contributed by atoms with van der Waals surface area (Å²) in [7, 11) is 0. The van der Waals surface area contributed by atoms with Crippen molar-refractivity contribution in [2.45, 2.75) is 102 Å². The number of pyridine rings is 2. The number of carbonyl (C=O) groups is 4. The Morgan fingerprint density at radius 3 is 2.64 bits per heavy atom. The number of ether oxygens (including phenoxy) is 2. The number of ketones is 1. The first-order valence-corrected chi connectivity index (χ1v) is 23.8. The van der Waals surface area contributed by atoms with E-state index >= 15 is 0 Å². The number of fused-ring (bicyclic) bond motifs is 6. The minimum atomic E-state index is -1.78. The summed E-state index contributed by atoms with van der Waals surface area (Å²) in [6, 6.07) is 13.3. The summed E-state index contributed by atoms with van der Waals surface area (Å²) in [6.45, 7) is 5.42. The van der Waals surface area contributed by atoms with E-state index in [0.717, 1.165) is 50.5 Å². The van der Waals surface area contributed by atoms with Crippen LogP contribution in [0.2, 0.25) is 0 Å². The molecule has 0 spiro atoms. The molecule has 5 aromatic rings. The molecule has 10 N–H and O–H groups in total. The molecule has 2 aromatic carbocycles. The van der Waals surface area contributed by atoms with Gasteiger partial charge in [0, 0.05) is 52.3 Å². The number of H-pyrrole nitrogens is 1. The molecule has 1 aliphatic heterocycles. The van der Waals surface area contributed by atoms with E-state index in [1.54, 1.807) is 23.6 Å². The normalized spacial score (nSPS) is 17.9. The number of amides is 3. The minimum Gasteiger partial charge on any atom is -0.494 e. The predicted octanol–water partition coefficient (Wildman–Crippen LogP) is 4.30. The number of para-hydroxylation sites is 1. The highest BCUT2D eigenvalue weighted by atomic mass is 16.5. The number of aryl methyl sites for hydroxylation is 1. The monoisotopic (exact) mass is 939 g/mol. The van der Waals surface area contributed by atoms with E-state index < -0.39 is 35.5 Å². The first-order chi connectivity index (χ1) is 33.4. The minimum absolute atomic E-state index is 0.0519. The van der Waals surface area contributed by atoms with Crippen LogP contribution in [0.1, 0.15) is 80.2 Å². The molecule has 2 aliphatic carbocycles. The molecule has 17 heteroatoms. The van der Waals surface area contributed by atoms with Crippen LogP contribution in [0.25, 0.3) is 33.2 Å². The number of aromatic nitrogens is 3. The van der Waals surface area contributed by atoms with Crippen LogP contribution in [0, 0.1) is 0 Å². The van der Waals surface area contributed by atoms with Crippen LogP contribution in [-0.2, 0) is 50.5 Å². The summed E-state index contributed by atoms with van der Waals surface area (Å²) in [4.78, 5) is 74.3. The number of allylic oxidation sites excluding steroid dienone is 1. The number of hydrogen-bond donors (Lipinski definition) is 8. The molecular weight excluding hydrogens is 879 g/mol. The average Bonchev–Trinajstić information content (AvgIpc) is 3.91. The Morgan fingerprint density at radius 2 is 1.86 bits per heavy atom. The van der Waals surface area contributed by atoms with Crippen LogP contribution >= 0.6 is 0 Å². The molecule has 362 valence electrons. The largest absolute Gasteiger partial charge is 0.494 e. The maximum Gasteiger partial charge on any atom is 0.407 e. The number of nitrogens with two attached hydrogens (primary N) is 2. The summed E-state index contributed by atoms with van der Waals surface area (Å²) in [5, 5.41) is 22.1. The fourth-order valence-electron chi connectivity index (χ4n) is 9.48. The Bertz CT molecular complexity index is 2920. The van der Waals surface area contributed by atoms with E-state index in [9.17, 15) is 29.1 Å². The number of benzene rings is 2. The number of nitrogens with zero attached hydrogens (tertiary/aromatic N) is 2. The van der Waals surface area contributed by atoms with Crippen molar-refractivity contribution in [3.05, 3.63) is 129 Å². The van der Waals surface area contributed by atoms with Gasteiger partial charge in [-0.25, -0.2) is 9.78 Å². The quantitative estimate of drug-likeness (QED) is 0.0303. The van der Waals surface area contributed by atoms with Crippen LogP contribution in [-0.4, -0.2) is 87.8 Å². The highest BCUT2D eigenvalue weighted by Gasteiger charge is 2.40. The fourth-order valence-corrected chi connectivity index (χ4v) is 9.48. The maximum absolute atomic E-state index is 13.9. The molecule has 0 radical (unpaired) electrons. The maximum atomic E-state index is 13.9. The van der Waals surface area contributed by atoms with E-state index in [0.29, 0.717) is 93.0 Å². The molecule has 0 saturated carbocycles. The molecule has 8 rings (SSSR count). The van der Waals surface area contributed by atoms with Crippen molar-refractivity contribution >= 4 is 45.5 Å². The molecule has 4 atom stereocenters. The van der Waals surface area contributed by atoms with Crippen LogP contribution in [0.4, 0.5) is 4.79 Å². The molecule has 3 aliphatic rings. The third kappa shape index (κ3) is 10.6. The van der Waals surface area contributed by atoms with Gasteiger partial charge in [0.05, 0.1) is 42.1 Å². The Hall–Kier alpha value is -6.92. The average molecular weight is 940 g/mol. The van der Waals surface area contributed by atoms with Crippen molar-refractivity contribution in [1.29, 1.82) is 0 Å². The standard InChI is InChI=1S/C52H61N9O8/c1-3-35-38-26-34(20-21-43(38)59-47-39(35)29-61-45(47)27-40-37(50(61)65)12-9-15-46(62)52(40,67)4-2)68-24-10-22-55-51(66)69-30-31-16-18-33(19-17-31)58-49(64)44(14-7-8-23-57-54)60-48(63)41(53)25-32-28-56-42-13-6-5-11-36(32)42/h5-6,9,11,13,15-18,20-21,26-28,33,41,44,56-57,67H,3-4,7-8,10,12,14,19,22-25,29-30,53-54H2,1-2H3,(H,55,66)(H,58,64)(H,60,63)/t33?,41-,44-,52-/m0/s1. The number of hydrogen-bond acceptors (Lipinski definition) is 12. The molecule has 3 amide bonds. The van der Waals surface area contributed by atoms with Gasteiger partial charge in [-0.1, -0.05) is 56.4 Å². The van der Waals surface area contributed by atoms with Gasteiger partial charge in [-0.2, -0.15) is 0 Å². The van der Waals surface area contributed by atoms with Crippen molar-refractivity contribution in [1.82, 2.24) is 35.9 Å². The lowest BCUT2D eigenvalue weighted by Crippen LogP contribution is -2.53. The predicted molar refractivity (Wildman–Crippen MR) is 263 cm³/mol. The van der Waals surface area contributed by atoms with Gasteiger partial charge in [0.25, 0.3) is 5.56 Å². The number of hydrazine groups is 1. The second-order valence-corrected chi connectivity index (χ2v) is 17.8. The molecule has 0 bridgehead atoms. The molecule has 69 heavy (non-hydrogen) atoms. The van der Waals surface area contributed by atoms with E-state index in [4.69, 9.17) is 26.0 Å². The van der Waals surface area contributed by atoms with Gasteiger partial charge >= 0.3 is 6.09 Å². The van der Waals surface area contributed by atoms with Gasteiger partial charge in [-0.3, -0.25) is 30.4 Å². The van der Waals surface area contributed by atoms with Crippen molar-refractivity contribution < 1.29 is 33.8 Å². The molecule has 17 nitrogen and oxygen atoms in total. The summed E-state index contributed by atoms with van der Waals surface area (Å²) >= 11 is 0. The summed E-state index contributed by atoms with van der Waals surface area (Å²) in [5.41, 5.74) is 14.4. The number of rotatable bonds is 20. The smallest absolute Gasteiger partial charge is 0.407 e. The fraction of sp³-hybridized carbons (Fsp3) is 0.385. The van der Waals surface area contributed by atoms with E-state index in [-0.39, 0.29) is 37.0 Å². The summed E-state index contributed by atoms with van der Waals surface area (Å²) < 4.78 is 13.2. The van der Waals surface area contributed by atoms with Gasteiger partial charge in [-0.05, 0) is 111 Å². The van der Waals surface area contributed by atoms with E-state index in [1.165, 1.54) is 6.08 Å². The molecule has 1 unspecified atom stereocenters. The second kappa shape index (κ2) is 21.6. The van der Waals surface area contributed by atoms with Gasteiger partial charge in [-0.15, -0.1) is 0 Å². The van der Waals surface area contributed by atoms with Crippen LogP contribution in [0.3, 0.4) is 0 Å². The Kier molecular flexibility index (Phi) is 15.2. The zero-order chi connectivity index (χ0) is 48.7. The highest BCUT2D eigenvalue weighted by molar-refractivity contribution is 5.99. The van der Waals surface area contributed by atoms with Crippen LogP contribution in [0.5, 0.6) is 5.75 Å². The molecule has 3 aromatic heterocycles. The van der Waals surface area contributed by atoms with Gasteiger partial charge in [0.15, 0.2) is 11.4 Å². The summed E-state index contributed by atoms with van der Waals surface area (Å²) in [5.74, 6) is 4.93. The third-order valence-electron chi connectivity index (χ3n) is 13.3. The number of aliphatic hydroxyl groups is 1. The summed E-state index contributed by atoms with van der Waals surface area (Å²) in [6.07, 6.45) is 14.1. The lowest BCUT2D eigenvalue weighted by Gasteiger charge is -2.26. The van der Waals surface area contributed by atoms with Crippen LogP contribution in [0.15, 0.2) is 95.5 Å². The lowest BCUT2D eigenvalue weighted by molar-refractivity contribution is -0.133. The third-order valence-corrected chi connectivity index (χ3v) is 13.3. The molecule has 0 saturated heterocycles. The van der Waals surface area contributed by atoms with E-state index in [1.807, 2.05) is 66.9 Å². The van der Waals surface area contributed by atoms with Gasteiger partial charge in [0.2, 0.25) is 11.8 Å². The van der Waals surface area contributed by atoms with Crippen molar-refractivity contribution in [3.8, 4) is 17.1 Å². The van der Waals surface area contributed by atoms with Crippen molar-refractivity contribution in [3.63, 3.8) is 0 Å². The Balaban J connectivity index is 0.785. The SMILES string of the molecule is CCc1c2c(nc3ccc(OCCCNC(=O)OCC4=CCC(NC(=O)[C@H](CCCCNN)NC(=O)[C@@H](N)Cc5c[nH]c6ccccc56)C=C4)cc13)-c1cc3c(c(=O)n1C2)CC=CC(=O)[C@]3(O)CC. The first-order valence-electron chi connectivity index (χ1n) is 23.8. The Morgan fingerprint density at radius 1 is 1.01 bits per heavy atom. The van der Waals surface area contributed by atoms with Crippen molar-refractivity contribution in [2.24, 2.45) is 11.6 Å². The number of aromatic amines is 1. The van der Waals surface area contributed by atoms with Crippen molar-refractivity contribution in [2.75, 3.05) is 26.3 Å². The van der Waals surface area contributed by atoms with Gasteiger partial charge in [0.1, 0.15) is 18.4 Å². The first kappa shape index (κ1) is 48.5. The zero-order valence-electron chi connectivity index (χ0n) is 39.1. The second-order valence-electron chi connectivity index (χ2n) is 17.8. The van der Waals surface area contributed by atoms with E-state index in [2.05, 4.69) is 33.3 Å². The topological polar surface area (TPSA) is 258 Å². The highest BCUT2D eigenvalue weighted by Crippen LogP contribution is 2.40. The zero-order valence-corrected chi connectivity index (χ0v) is 39.1. The molecule has 4 heterocycles. The number of nitrogens with one attached hydrogen (secondary N) is 5. The molecular formula is C52H61N9O8. The number of carbonyl (C=O) groups excluding carboxylic acids is 4. The Labute approximate surface area is 399 Å². The van der Waals surface area contributed by atoms with Crippen LogP contribution < -0.4 is 43.2 Å². The molecule has 0 fully saturated rings. The number of unbranched alkanes of at least 4 members (excludes halogenated alkanes) is 1. The number of alkyl carbamates (subject to hydrolysis) is 1. The van der Waals surface area contributed by atoms with Gasteiger partial charge < -0.3 is 45.8 Å². The lowest BCUT2D eigenvalue weighted by atomic mass is 9.85.